The number of benzene rings is 2. The van der Waals surface area contributed by atoms with Crippen molar-refractivity contribution in [1.82, 2.24) is 0 Å². The van der Waals surface area contributed by atoms with Gasteiger partial charge in [0, 0.05) is 6.08 Å². The van der Waals surface area contributed by atoms with Crippen molar-refractivity contribution in [3.05, 3.63) is 89.0 Å². The Morgan fingerprint density at radius 1 is 0.815 bits per heavy atom. The van der Waals surface area contributed by atoms with Gasteiger partial charge in [0.05, 0.1) is 11.1 Å². The molecule has 0 amide bonds. The highest BCUT2D eigenvalue weighted by atomic mass is 19.4. The first-order chi connectivity index (χ1) is 12.5. The first-order valence-corrected chi connectivity index (χ1v) is 7.45. The molecule has 0 aliphatic rings. The predicted molar refractivity (Wildman–Crippen MR) is 86.7 cm³/mol. The van der Waals surface area contributed by atoms with Gasteiger partial charge in [0.1, 0.15) is 0 Å². The van der Waals surface area contributed by atoms with E-state index in [1.54, 1.807) is 0 Å². The van der Waals surface area contributed by atoms with Gasteiger partial charge in [0.15, 0.2) is 0 Å². The van der Waals surface area contributed by atoms with Crippen LogP contribution in [0.1, 0.15) is 22.3 Å². The van der Waals surface area contributed by atoms with Crippen LogP contribution in [0.3, 0.4) is 0 Å². The van der Waals surface area contributed by atoms with Crippen LogP contribution in [0.4, 0.5) is 26.3 Å². The lowest BCUT2D eigenvalue weighted by molar-refractivity contribution is -0.138. The summed E-state index contributed by atoms with van der Waals surface area (Å²) in [6.07, 6.45) is -6.35. The van der Waals surface area contributed by atoms with Crippen molar-refractivity contribution in [2.75, 3.05) is 0 Å². The van der Waals surface area contributed by atoms with Crippen LogP contribution >= 0.6 is 0 Å². The highest BCUT2D eigenvalue weighted by Gasteiger charge is 2.32. The van der Waals surface area contributed by atoms with E-state index >= 15 is 0 Å². The highest BCUT2D eigenvalue weighted by Crippen LogP contribution is 2.35. The fourth-order valence-corrected chi connectivity index (χ4v) is 2.31. The molecule has 0 saturated heterocycles. The zero-order valence-corrected chi connectivity index (χ0v) is 13.5. The molecular weight excluding hydrogens is 374 g/mol. The van der Waals surface area contributed by atoms with Gasteiger partial charge in [-0.25, -0.2) is 4.79 Å². The maximum atomic E-state index is 13.0. The van der Waals surface area contributed by atoms with E-state index in [9.17, 15) is 31.1 Å². The van der Waals surface area contributed by atoms with Crippen LogP contribution in [-0.4, -0.2) is 11.1 Å². The fraction of sp³-hybridized carbons (Fsp3) is 0.105. The van der Waals surface area contributed by atoms with Crippen LogP contribution in [0.5, 0.6) is 0 Å². The second-order valence-corrected chi connectivity index (χ2v) is 5.43. The van der Waals surface area contributed by atoms with E-state index in [-0.39, 0.29) is 16.7 Å². The number of rotatable bonds is 4. The molecule has 2 nitrogen and oxygen atoms in total. The summed E-state index contributed by atoms with van der Waals surface area (Å²) in [5.74, 6) is -1.31. The second-order valence-electron chi connectivity index (χ2n) is 5.43. The van der Waals surface area contributed by atoms with Gasteiger partial charge in [0.2, 0.25) is 0 Å². The van der Waals surface area contributed by atoms with Crippen molar-refractivity contribution < 1.29 is 36.2 Å². The van der Waals surface area contributed by atoms with E-state index in [0.717, 1.165) is 54.6 Å². The van der Waals surface area contributed by atoms with E-state index in [2.05, 4.69) is 0 Å². The average Bonchev–Trinajstić information content (AvgIpc) is 2.57. The monoisotopic (exact) mass is 386 g/mol. The lowest BCUT2D eigenvalue weighted by Crippen LogP contribution is -2.06. The number of hydrogen-bond acceptors (Lipinski definition) is 1. The van der Waals surface area contributed by atoms with Crippen molar-refractivity contribution in [3.63, 3.8) is 0 Å². The first kappa shape index (κ1) is 20.3. The quantitative estimate of drug-likeness (QED) is 0.410. The molecule has 2 rings (SSSR count). The molecular formula is C19H12F6O2. The number of allylic oxidation sites excluding steroid dienone is 2. The summed E-state index contributed by atoms with van der Waals surface area (Å²) in [6.45, 7) is 0. The molecule has 0 spiro atoms. The second kappa shape index (κ2) is 7.69. The van der Waals surface area contributed by atoms with E-state index in [1.165, 1.54) is 12.1 Å². The minimum Gasteiger partial charge on any atom is -0.478 e. The molecule has 0 unspecified atom stereocenters. The molecule has 0 aromatic heterocycles. The van der Waals surface area contributed by atoms with E-state index in [4.69, 9.17) is 5.11 Å². The third-order valence-corrected chi connectivity index (χ3v) is 3.50. The smallest absolute Gasteiger partial charge is 0.416 e. The Morgan fingerprint density at radius 3 is 1.63 bits per heavy atom. The van der Waals surface area contributed by atoms with Gasteiger partial charge < -0.3 is 5.11 Å². The molecule has 2 aromatic carbocycles. The van der Waals surface area contributed by atoms with Crippen LogP contribution in [0.25, 0.3) is 5.57 Å². The number of carbonyl (C=O) groups is 1. The van der Waals surface area contributed by atoms with Crippen molar-refractivity contribution >= 4 is 11.5 Å². The van der Waals surface area contributed by atoms with Gasteiger partial charge in [-0.3, -0.25) is 0 Å². The zero-order valence-electron chi connectivity index (χ0n) is 13.5. The maximum absolute atomic E-state index is 13.0. The number of carboxylic acids is 1. The van der Waals surface area contributed by atoms with Gasteiger partial charge >= 0.3 is 18.3 Å². The van der Waals surface area contributed by atoms with Gasteiger partial charge in [0.25, 0.3) is 0 Å². The minimum atomic E-state index is -4.63. The Balaban J connectivity index is 2.62. The highest BCUT2D eigenvalue weighted by molar-refractivity contribution is 5.84. The summed E-state index contributed by atoms with van der Waals surface area (Å²) in [5, 5.41) is 8.66. The standard InChI is InChI=1S/C19H12F6O2/c20-18(21,22)14-6-1-4-12(10-14)16(8-3-9-17(26)27)13-5-2-7-15(11-13)19(23,24)25/h1-11H,(H,26,27)/b9-3-. The number of hydrogen-bond donors (Lipinski definition) is 1. The van der Waals surface area contributed by atoms with Crippen LogP contribution in [0.2, 0.25) is 0 Å². The molecule has 2 aromatic rings. The summed E-state index contributed by atoms with van der Waals surface area (Å²) in [6, 6.07) is 8.11. The molecule has 0 aliphatic carbocycles. The molecule has 8 heteroatoms. The summed E-state index contributed by atoms with van der Waals surface area (Å²) in [5.41, 5.74) is -1.93. The van der Waals surface area contributed by atoms with Crippen LogP contribution in [0.15, 0.2) is 66.8 Å². The molecule has 0 bridgehead atoms. The molecule has 0 atom stereocenters. The SMILES string of the molecule is O=C(O)/C=C\C=C(c1cccc(C(F)(F)F)c1)c1cccc(C(F)(F)F)c1. The Kier molecular flexibility index (Phi) is 5.78. The summed E-state index contributed by atoms with van der Waals surface area (Å²) >= 11 is 0. The van der Waals surface area contributed by atoms with Crippen LogP contribution in [-0.2, 0) is 17.1 Å². The fourth-order valence-electron chi connectivity index (χ4n) is 2.31. The van der Waals surface area contributed by atoms with Gasteiger partial charge in [-0.15, -0.1) is 0 Å². The van der Waals surface area contributed by atoms with Crippen LogP contribution in [0, 0.1) is 0 Å². The third kappa shape index (κ3) is 5.47. The van der Waals surface area contributed by atoms with Crippen molar-refractivity contribution in [1.29, 1.82) is 0 Å². The van der Waals surface area contributed by atoms with Crippen molar-refractivity contribution in [2.45, 2.75) is 12.4 Å². The summed E-state index contributed by atoms with van der Waals surface area (Å²) in [7, 11) is 0. The topological polar surface area (TPSA) is 37.3 Å². The van der Waals surface area contributed by atoms with Gasteiger partial charge in [-0.05, 0) is 41.0 Å². The molecule has 0 aliphatic heterocycles. The number of carboxylic acid groups (broad SMARTS) is 1. The largest absolute Gasteiger partial charge is 0.478 e. The molecule has 0 radical (unpaired) electrons. The Morgan fingerprint density at radius 2 is 1.26 bits per heavy atom. The molecule has 0 fully saturated rings. The predicted octanol–water partition coefficient (Wildman–Crippen LogP) is 5.80. The number of aliphatic carboxylic acids is 1. The molecule has 0 saturated carbocycles. The molecule has 27 heavy (non-hydrogen) atoms. The average molecular weight is 386 g/mol. The normalized spacial score (nSPS) is 12.2. The van der Waals surface area contributed by atoms with Crippen LogP contribution < -0.4 is 0 Å². The summed E-state index contributed by atoms with van der Waals surface area (Å²) in [4.78, 5) is 10.6. The summed E-state index contributed by atoms with van der Waals surface area (Å²) < 4.78 is 77.7. The Hall–Kier alpha value is -3.03. The first-order valence-electron chi connectivity index (χ1n) is 7.45. The molecule has 142 valence electrons. The zero-order chi connectivity index (χ0) is 20.2. The van der Waals surface area contributed by atoms with Gasteiger partial charge in [-0.2, -0.15) is 26.3 Å². The maximum Gasteiger partial charge on any atom is 0.416 e. The lowest BCUT2D eigenvalue weighted by Gasteiger charge is -2.14. The molecule has 1 N–H and O–H groups in total. The number of alkyl halides is 6. The van der Waals surface area contributed by atoms with E-state index in [1.807, 2.05) is 0 Å². The third-order valence-electron chi connectivity index (χ3n) is 3.50. The van der Waals surface area contributed by atoms with Gasteiger partial charge in [-0.1, -0.05) is 36.4 Å². The van der Waals surface area contributed by atoms with E-state index in [0.29, 0.717) is 0 Å². The van der Waals surface area contributed by atoms with Crippen molar-refractivity contribution in [3.8, 4) is 0 Å². The lowest BCUT2D eigenvalue weighted by atomic mass is 9.94. The Labute approximate surface area is 150 Å². The van der Waals surface area contributed by atoms with Crippen molar-refractivity contribution in [2.24, 2.45) is 0 Å². The molecule has 0 heterocycles. The van der Waals surface area contributed by atoms with E-state index < -0.39 is 29.4 Å². The number of halogens is 6. The minimum absolute atomic E-state index is 0.000752. The Bertz CT molecular complexity index is 832.